The van der Waals surface area contributed by atoms with Crippen molar-refractivity contribution in [2.45, 2.75) is 19.8 Å². The van der Waals surface area contributed by atoms with Gasteiger partial charge in [-0.3, -0.25) is 14.9 Å². The fraction of sp³-hybridized carbons (Fsp3) is 0.364. The van der Waals surface area contributed by atoms with Crippen LogP contribution in [0.15, 0.2) is 18.2 Å². The van der Waals surface area contributed by atoms with E-state index in [-0.39, 0.29) is 16.3 Å². The fourth-order valence-electron chi connectivity index (χ4n) is 1.32. The topological polar surface area (TPSA) is 72.2 Å². The van der Waals surface area contributed by atoms with Gasteiger partial charge in [0.2, 0.25) is 0 Å². The Morgan fingerprint density at radius 2 is 2.24 bits per heavy atom. The minimum Gasteiger partial charge on any atom is -0.352 e. The molecule has 0 aliphatic heterocycles. The standard InChI is InChI=1S/C11H13ClN2O3/c1-2-3-6-13-11(15)9-5-4-8(12)7-10(9)14(16)17/h4-5,7H,2-3,6H2,1H3,(H,13,15). The van der Waals surface area contributed by atoms with Crippen molar-refractivity contribution in [1.29, 1.82) is 0 Å². The zero-order valence-corrected chi connectivity index (χ0v) is 10.2. The van der Waals surface area contributed by atoms with Crippen LogP contribution in [-0.4, -0.2) is 17.4 Å². The molecular formula is C11H13ClN2O3. The first kappa shape index (κ1) is 13.4. The van der Waals surface area contributed by atoms with Crippen molar-refractivity contribution in [3.63, 3.8) is 0 Å². The number of hydrogen-bond donors (Lipinski definition) is 1. The largest absolute Gasteiger partial charge is 0.352 e. The molecule has 0 unspecified atom stereocenters. The normalized spacial score (nSPS) is 10.0. The third-order valence-corrected chi connectivity index (χ3v) is 2.45. The Kier molecular flexibility index (Phi) is 4.90. The Balaban J connectivity index is 2.89. The fourth-order valence-corrected chi connectivity index (χ4v) is 1.49. The van der Waals surface area contributed by atoms with E-state index >= 15 is 0 Å². The number of unbranched alkanes of at least 4 members (excludes halogenated alkanes) is 1. The van der Waals surface area contributed by atoms with Crippen LogP contribution in [-0.2, 0) is 0 Å². The van der Waals surface area contributed by atoms with Gasteiger partial charge < -0.3 is 5.32 Å². The van der Waals surface area contributed by atoms with E-state index in [2.05, 4.69) is 5.32 Å². The van der Waals surface area contributed by atoms with E-state index in [1.165, 1.54) is 18.2 Å². The summed E-state index contributed by atoms with van der Waals surface area (Å²) in [6.07, 6.45) is 1.79. The van der Waals surface area contributed by atoms with E-state index in [0.29, 0.717) is 6.54 Å². The summed E-state index contributed by atoms with van der Waals surface area (Å²) >= 11 is 5.66. The van der Waals surface area contributed by atoms with E-state index < -0.39 is 10.8 Å². The van der Waals surface area contributed by atoms with Crippen LogP contribution < -0.4 is 5.32 Å². The summed E-state index contributed by atoms with van der Waals surface area (Å²) in [6, 6.07) is 4.00. The number of hydrogen-bond acceptors (Lipinski definition) is 3. The predicted molar refractivity (Wildman–Crippen MR) is 65.3 cm³/mol. The van der Waals surface area contributed by atoms with Gasteiger partial charge in [0.15, 0.2) is 0 Å². The second-order valence-corrected chi connectivity index (χ2v) is 3.96. The zero-order valence-electron chi connectivity index (χ0n) is 9.40. The Bertz CT molecular complexity index is 435. The van der Waals surface area contributed by atoms with Crippen LogP contribution in [0.1, 0.15) is 30.1 Å². The van der Waals surface area contributed by atoms with Crippen LogP contribution in [0.2, 0.25) is 5.02 Å². The van der Waals surface area contributed by atoms with Crippen LogP contribution in [0.4, 0.5) is 5.69 Å². The third-order valence-electron chi connectivity index (χ3n) is 2.22. The molecule has 0 aliphatic rings. The number of benzene rings is 1. The van der Waals surface area contributed by atoms with Gasteiger partial charge in [0.1, 0.15) is 5.56 Å². The number of carbonyl (C=O) groups is 1. The molecule has 0 saturated carbocycles. The predicted octanol–water partition coefficient (Wildman–Crippen LogP) is 2.78. The highest BCUT2D eigenvalue weighted by molar-refractivity contribution is 6.31. The van der Waals surface area contributed by atoms with Crippen LogP contribution in [0.25, 0.3) is 0 Å². The lowest BCUT2D eigenvalue weighted by atomic mass is 10.1. The van der Waals surface area contributed by atoms with Gasteiger partial charge in [0.25, 0.3) is 11.6 Å². The molecule has 17 heavy (non-hydrogen) atoms. The van der Waals surface area contributed by atoms with Crippen molar-refractivity contribution in [3.8, 4) is 0 Å². The molecule has 1 N–H and O–H groups in total. The summed E-state index contributed by atoms with van der Waals surface area (Å²) in [5, 5.41) is 13.6. The summed E-state index contributed by atoms with van der Waals surface area (Å²) in [7, 11) is 0. The first-order chi connectivity index (χ1) is 8.06. The molecule has 0 bridgehead atoms. The highest BCUT2D eigenvalue weighted by atomic mass is 35.5. The second kappa shape index (κ2) is 6.20. The van der Waals surface area contributed by atoms with Crippen LogP contribution in [0.5, 0.6) is 0 Å². The molecule has 0 fully saturated rings. The molecule has 0 atom stereocenters. The van der Waals surface area contributed by atoms with Gasteiger partial charge in [0.05, 0.1) is 4.92 Å². The third kappa shape index (κ3) is 3.71. The molecule has 92 valence electrons. The molecule has 0 radical (unpaired) electrons. The number of halogens is 1. The first-order valence-corrected chi connectivity index (χ1v) is 5.66. The van der Waals surface area contributed by atoms with Crippen molar-refractivity contribution in [1.82, 2.24) is 5.32 Å². The van der Waals surface area contributed by atoms with Gasteiger partial charge in [-0.1, -0.05) is 24.9 Å². The highest BCUT2D eigenvalue weighted by Crippen LogP contribution is 2.22. The van der Waals surface area contributed by atoms with Crippen LogP contribution in [0.3, 0.4) is 0 Å². The molecule has 0 saturated heterocycles. The number of nitro groups is 1. The maximum Gasteiger partial charge on any atom is 0.283 e. The van der Waals surface area contributed by atoms with Crippen molar-refractivity contribution in [2.75, 3.05) is 6.54 Å². The lowest BCUT2D eigenvalue weighted by molar-refractivity contribution is -0.385. The van der Waals surface area contributed by atoms with E-state index in [9.17, 15) is 14.9 Å². The minimum atomic E-state index is -0.611. The maximum atomic E-state index is 11.7. The van der Waals surface area contributed by atoms with Gasteiger partial charge in [-0.15, -0.1) is 0 Å². The summed E-state index contributed by atoms with van der Waals surface area (Å²) < 4.78 is 0. The van der Waals surface area contributed by atoms with Gasteiger partial charge >= 0.3 is 0 Å². The average Bonchev–Trinajstić information content (AvgIpc) is 2.29. The van der Waals surface area contributed by atoms with Gasteiger partial charge in [-0.25, -0.2) is 0 Å². The molecule has 5 nitrogen and oxygen atoms in total. The number of carbonyl (C=O) groups excluding carboxylic acids is 1. The minimum absolute atomic E-state index is 0.0375. The molecule has 0 aromatic heterocycles. The molecule has 0 aliphatic carbocycles. The summed E-state index contributed by atoms with van der Waals surface area (Å²) in [4.78, 5) is 21.9. The smallest absolute Gasteiger partial charge is 0.283 e. The molecule has 1 aromatic rings. The number of amides is 1. The van der Waals surface area contributed by atoms with Crippen molar-refractivity contribution >= 4 is 23.2 Å². The molecule has 6 heteroatoms. The van der Waals surface area contributed by atoms with Crippen LogP contribution >= 0.6 is 11.6 Å². The second-order valence-electron chi connectivity index (χ2n) is 3.53. The zero-order chi connectivity index (χ0) is 12.8. The lowest BCUT2D eigenvalue weighted by Gasteiger charge is -2.05. The Labute approximate surface area is 104 Å². The van der Waals surface area contributed by atoms with E-state index in [1.54, 1.807) is 0 Å². The SMILES string of the molecule is CCCCNC(=O)c1ccc(Cl)cc1[N+](=O)[O-]. The number of nitrogens with zero attached hydrogens (tertiary/aromatic N) is 1. The Morgan fingerprint density at radius 1 is 1.53 bits per heavy atom. The van der Waals surface area contributed by atoms with E-state index in [0.717, 1.165) is 12.8 Å². The highest BCUT2D eigenvalue weighted by Gasteiger charge is 2.19. The monoisotopic (exact) mass is 256 g/mol. The van der Waals surface area contributed by atoms with E-state index in [4.69, 9.17) is 11.6 Å². The molecule has 1 aromatic carbocycles. The van der Waals surface area contributed by atoms with E-state index in [1.807, 2.05) is 6.92 Å². The van der Waals surface area contributed by atoms with Crippen LogP contribution in [0, 0.1) is 10.1 Å². The summed E-state index contributed by atoms with van der Waals surface area (Å²) in [5.41, 5.74) is -0.234. The Hall–Kier alpha value is -1.62. The van der Waals surface area contributed by atoms with Gasteiger partial charge in [-0.05, 0) is 18.6 Å². The molecule has 1 amide bonds. The number of nitro benzene ring substituents is 1. The quantitative estimate of drug-likeness (QED) is 0.500. The average molecular weight is 257 g/mol. The number of rotatable bonds is 5. The Morgan fingerprint density at radius 3 is 2.82 bits per heavy atom. The molecular weight excluding hydrogens is 244 g/mol. The van der Waals surface area contributed by atoms with Crippen molar-refractivity contribution in [2.24, 2.45) is 0 Å². The maximum absolute atomic E-state index is 11.7. The lowest BCUT2D eigenvalue weighted by Crippen LogP contribution is -2.25. The van der Waals surface area contributed by atoms with Gasteiger partial charge in [0, 0.05) is 17.6 Å². The molecule has 1 rings (SSSR count). The summed E-state index contributed by atoms with van der Waals surface area (Å²) in [5.74, 6) is -0.443. The summed E-state index contributed by atoms with van der Waals surface area (Å²) in [6.45, 7) is 2.51. The first-order valence-electron chi connectivity index (χ1n) is 5.28. The molecule has 0 heterocycles. The van der Waals surface area contributed by atoms with Gasteiger partial charge in [-0.2, -0.15) is 0 Å². The molecule has 0 spiro atoms. The van der Waals surface area contributed by atoms with Crippen molar-refractivity contribution < 1.29 is 9.72 Å². The van der Waals surface area contributed by atoms with Crippen molar-refractivity contribution in [3.05, 3.63) is 38.9 Å². The number of nitrogens with one attached hydrogen (secondary N) is 1.